The fourth-order valence-corrected chi connectivity index (χ4v) is 2.63. The van der Waals surface area contributed by atoms with E-state index in [-0.39, 0.29) is 41.4 Å². The molecule has 0 saturated carbocycles. The Kier molecular flexibility index (Phi) is 6.91. The first-order valence-electron chi connectivity index (χ1n) is 7.82. The summed E-state index contributed by atoms with van der Waals surface area (Å²) >= 11 is -0.344. The molecule has 1 aromatic carbocycles. The summed E-state index contributed by atoms with van der Waals surface area (Å²) in [7, 11) is 1.30. The summed E-state index contributed by atoms with van der Waals surface area (Å²) in [5.41, 5.74) is -6.69. The largest absolute Gasteiger partial charge is 0.496 e. The van der Waals surface area contributed by atoms with Gasteiger partial charge in [0, 0.05) is 12.1 Å². The molecule has 0 saturated heterocycles. The van der Waals surface area contributed by atoms with Crippen LogP contribution in [0.5, 0.6) is 23.3 Å². The van der Waals surface area contributed by atoms with Crippen LogP contribution < -0.4 is 14.2 Å². The molecule has 154 valence electrons. The molecule has 0 spiro atoms. The molecule has 0 aliphatic heterocycles. The molecule has 28 heavy (non-hydrogen) atoms. The van der Waals surface area contributed by atoms with Crippen molar-refractivity contribution in [3.05, 3.63) is 42.0 Å². The number of ether oxygens (including phenoxy) is 3. The number of hydrogen-bond donors (Lipinski definition) is 0. The maximum absolute atomic E-state index is 12.8. The number of nitrogens with zero attached hydrogens (tertiary/aromatic N) is 1. The van der Waals surface area contributed by atoms with Gasteiger partial charge in [-0.15, -0.1) is 0 Å². The van der Waals surface area contributed by atoms with Gasteiger partial charge in [-0.25, -0.2) is 0 Å². The zero-order chi connectivity index (χ0) is 20.9. The van der Waals surface area contributed by atoms with Crippen molar-refractivity contribution >= 4 is 11.8 Å². The second-order valence-electron chi connectivity index (χ2n) is 5.33. The summed E-state index contributed by atoms with van der Waals surface area (Å²) in [6.45, 7) is 1.50. The van der Waals surface area contributed by atoms with Crippen LogP contribution in [0.1, 0.15) is 18.9 Å². The van der Waals surface area contributed by atoms with E-state index in [1.54, 1.807) is 0 Å². The lowest BCUT2D eigenvalue weighted by Gasteiger charge is -2.18. The van der Waals surface area contributed by atoms with Crippen LogP contribution in [-0.4, -0.2) is 23.0 Å². The topological polar surface area (TPSA) is 40.6 Å². The van der Waals surface area contributed by atoms with Gasteiger partial charge < -0.3 is 14.2 Å². The van der Waals surface area contributed by atoms with Gasteiger partial charge in [0.1, 0.15) is 11.5 Å². The fourth-order valence-electron chi connectivity index (χ4n) is 2.02. The van der Waals surface area contributed by atoms with Crippen molar-refractivity contribution in [2.24, 2.45) is 0 Å². The molecule has 0 aliphatic rings. The van der Waals surface area contributed by atoms with E-state index in [1.165, 1.54) is 32.2 Å². The van der Waals surface area contributed by atoms with Crippen molar-refractivity contribution in [2.45, 2.75) is 30.5 Å². The molecule has 1 atom stereocenters. The van der Waals surface area contributed by atoms with Crippen molar-refractivity contribution in [1.29, 1.82) is 0 Å². The third-order valence-corrected chi connectivity index (χ3v) is 4.18. The highest BCUT2D eigenvalue weighted by Crippen LogP contribution is 2.37. The molecule has 0 N–H and O–H groups in total. The minimum Gasteiger partial charge on any atom is -0.496 e. The van der Waals surface area contributed by atoms with Gasteiger partial charge >= 0.3 is 11.7 Å². The Morgan fingerprint density at radius 3 is 2.25 bits per heavy atom. The number of methoxy groups -OCH3 is 1. The lowest BCUT2D eigenvalue weighted by atomic mass is 10.2. The van der Waals surface area contributed by atoms with Crippen molar-refractivity contribution in [2.75, 3.05) is 7.11 Å². The highest BCUT2D eigenvalue weighted by atomic mass is 32.2. The highest BCUT2D eigenvalue weighted by molar-refractivity contribution is 8.00. The Balaban J connectivity index is 2.25. The monoisotopic (exact) mass is 427 g/mol. The number of thioether (sulfide) groups is 1. The first kappa shape index (κ1) is 22.0. The quantitative estimate of drug-likeness (QED) is 0.385. The molecule has 0 aliphatic carbocycles. The first-order chi connectivity index (χ1) is 13.0. The lowest BCUT2D eigenvalue weighted by molar-refractivity contribution is -0.137. The zero-order valence-electron chi connectivity index (χ0n) is 14.6. The van der Waals surface area contributed by atoms with Gasteiger partial charge in [0.05, 0.1) is 12.7 Å². The number of benzene rings is 1. The Bertz CT molecular complexity index is 797. The van der Waals surface area contributed by atoms with Crippen LogP contribution in [0, 0.1) is 0 Å². The second-order valence-corrected chi connectivity index (χ2v) is 6.55. The molecule has 1 aromatic heterocycles. The summed E-state index contributed by atoms with van der Waals surface area (Å²) in [6, 6.07) is 6.61. The van der Waals surface area contributed by atoms with E-state index in [0.29, 0.717) is 0 Å². The van der Waals surface area contributed by atoms with Gasteiger partial charge in [-0.1, -0.05) is 13.0 Å². The smallest absolute Gasteiger partial charge is 0.445 e. The van der Waals surface area contributed by atoms with Crippen molar-refractivity contribution in [1.82, 2.24) is 4.98 Å². The van der Waals surface area contributed by atoms with Crippen LogP contribution in [0.3, 0.4) is 0 Å². The molecule has 11 heteroatoms. The average molecular weight is 427 g/mol. The predicted octanol–water partition coefficient (Wildman–Crippen LogP) is 6.27. The fraction of sp³-hybridized carbons (Fsp3) is 0.353. The number of pyridine rings is 1. The van der Waals surface area contributed by atoms with E-state index in [4.69, 9.17) is 14.2 Å². The Labute approximate surface area is 160 Å². The van der Waals surface area contributed by atoms with Gasteiger partial charge in [0.15, 0.2) is 5.44 Å². The maximum atomic E-state index is 12.8. The van der Waals surface area contributed by atoms with Crippen LogP contribution in [0.2, 0.25) is 0 Å². The third-order valence-electron chi connectivity index (χ3n) is 3.22. The van der Waals surface area contributed by atoms with Crippen molar-refractivity contribution < 1.29 is 40.6 Å². The van der Waals surface area contributed by atoms with Crippen LogP contribution >= 0.6 is 11.8 Å². The molecule has 0 bridgehead atoms. The first-order valence-corrected chi connectivity index (χ1v) is 8.70. The summed E-state index contributed by atoms with van der Waals surface area (Å²) in [5.74, 6) is -0.414. The van der Waals surface area contributed by atoms with E-state index < -0.39 is 22.7 Å². The molecular weight excluding hydrogens is 412 g/mol. The second kappa shape index (κ2) is 8.80. The van der Waals surface area contributed by atoms with Crippen molar-refractivity contribution in [3.8, 4) is 23.3 Å². The highest BCUT2D eigenvalue weighted by Gasteiger charge is 2.34. The number of hydrogen-bond acceptors (Lipinski definition) is 5. The third kappa shape index (κ3) is 6.70. The van der Waals surface area contributed by atoms with E-state index in [2.05, 4.69) is 4.98 Å². The van der Waals surface area contributed by atoms with Gasteiger partial charge in [0.2, 0.25) is 11.8 Å². The maximum Gasteiger partial charge on any atom is 0.445 e. The summed E-state index contributed by atoms with van der Waals surface area (Å²) in [5, 5.41) is 0. The molecule has 0 radical (unpaired) electrons. The van der Waals surface area contributed by atoms with E-state index >= 15 is 0 Å². The van der Waals surface area contributed by atoms with E-state index in [0.717, 1.165) is 18.2 Å². The molecule has 2 aromatic rings. The molecular formula is C17H15F6NO3S. The molecule has 4 nitrogen and oxygen atoms in total. The van der Waals surface area contributed by atoms with Gasteiger partial charge in [-0.05, 0) is 36.4 Å². The van der Waals surface area contributed by atoms with Crippen LogP contribution in [0.25, 0.3) is 0 Å². The molecule has 0 amide bonds. The minimum absolute atomic E-state index is 0.0346. The van der Waals surface area contributed by atoms with Crippen LogP contribution in [-0.2, 0) is 6.18 Å². The Morgan fingerprint density at radius 1 is 1.00 bits per heavy atom. The molecule has 2 rings (SSSR count). The zero-order valence-corrected chi connectivity index (χ0v) is 15.4. The standard InChI is InChI=1S/C17H15F6NO3S/c1-3-15(28-17(21,22)23)27-14-9-12(25-2)8-13(24-14)26-11-6-4-5-10(7-11)16(18,19)20/h4-9,15H,3H2,1-2H3. The number of rotatable bonds is 7. The average Bonchev–Trinajstić information content (AvgIpc) is 2.59. The predicted molar refractivity (Wildman–Crippen MR) is 90.7 cm³/mol. The van der Waals surface area contributed by atoms with Gasteiger partial charge in [-0.2, -0.15) is 31.3 Å². The lowest BCUT2D eigenvalue weighted by Crippen LogP contribution is -2.18. The van der Waals surface area contributed by atoms with E-state index in [9.17, 15) is 26.3 Å². The van der Waals surface area contributed by atoms with Gasteiger partial charge in [0.25, 0.3) is 0 Å². The van der Waals surface area contributed by atoms with Crippen molar-refractivity contribution in [3.63, 3.8) is 0 Å². The van der Waals surface area contributed by atoms with E-state index in [1.807, 2.05) is 0 Å². The SMILES string of the molecule is CCC(Oc1cc(OC)cc(Oc2cccc(C(F)(F)F)c2)n1)SC(F)(F)F. The molecule has 0 fully saturated rings. The van der Waals surface area contributed by atoms with Crippen LogP contribution in [0.15, 0.2) is 36.4 Å². The number of alkyl halides is 6. The molecule has 1 unspecified atom stereocenters. The summed E-state index contributed by atoms with van der Waals surface area (Å²) in [4.78, 5) is 3.90. The minimum atomic E-state index is -4.56. The Morgan fingerprint density at radius 2 is 1.68 bits per heavy atom. The van der Waals surface area contributed by atoms with Crippen LogP contribution in [0.4, 0.5) is 26.3 Å². The van der Waals surface area contributed by atoms with Gasteiger partial charge in [-0.3, -0.25) is 0 Å². The molecule has 1 heterocycles. The summed E-state index contributed by atoms with van der Waals surface area (Å²) in [6.07, 6.45) is -4.52. The number of aromatic nitrogens is 1. The number of halogens is 6. The Hall–Kier alpha value is -2.30. The normalized spacial score (nSPS) is 13.1. The summed E-state index contributed by atoms with van der Waals surface area (Å²) < 4.78 is 91.7.